The molecule has 0 saturated carbocycles. The Balaban J connectivity index is 2.56. The van der Waals surface area contributed by atoms with E-state index in [0.29, 0.717) is 10.7 Å². The molecule has 0 aliphatic rings. The molecule has 6 heteroatoms. The Morgan fingerprint density at radius 1 is 1.43 bits per heavy atom. The standard InChI is InChI=1S/C15H22ClN3O2/c1-4-10(2)14(17)15(21)19(3)9-13(20)18-12-7-5-6-11(16)8-12/h5-8,10,14H,4,9,17H2,1-3H3,(H,18,20). The SMILES string of the molecule is CCC(C)C(N)C(=O)N(C)CC(=O)Nc1cccc(Cl)c1. The number of halogens is 1. The molecule has 3 N–H and O–H groups in total. The number of benzene rings is 1. The van der Waals surface area contributed by atoms with Crippen molar-refractivity contribution in [3.63, 3.8) is 0 Å². The van der Waals surface area contributed by atoms with Crippen LogP contribution < -0.4 is 11.1 Å². The fraction of sp³-hybridized carbons (Fsp3) is 0.467. The minimum atomic E-state index is -0.584. The van der Waals surface area contributed by atoms with Gasteiger partial charge in [-0.05, 0) is 24.1 Å². The Bertz CT molecular complexity index is 507. The lowest BCUT2D eigenvalue weighted by atomic mass is 9.99. The summed E-state index contributed by atoms with van der Waals surface area (Å²) in [4.78, 5) is 25.3. The largest absolute Gasteiger partial charge is 0.335 e. The minimum Gasteiger partial charge on any atom is -0.335 e. The molecule has 1 aromatic rings. The molecule has 0 spiro atoms. The zero-order valence-electron chi connectivity index (χ0n) is 12.6. The molecule has 0 heterocycles. The van der Waals surface area contributed by atoms with E-state index in [1.807, 2.05) is 13.8 Å². The van der Waals surface area contributed by atoms with Gasteiger partial charge < -0.3 is 16.0 Å². The predicted molar refractivity (Wildman–Crippen MR) is 85.1 cm³/mol. The fourth-order valence-corrected chi connectivity index (χ4v) is 2.00. The highest BCUT2D eigenvalue weighted by Gasteiger charge is 2.23. The van der Waals surface area contributed by atoms with Crippen molar-refractivity contribution >= 4 is 29.1 Å². The number of hydrogen-bond donors (Lipinski definition) is 2. The highest BCUT2D eigenvalue weighted by Crippen LogP contribution is 2.15. The maximum atomic E-state index is 12.1. The van der Waals surface area contributed by atoms with Gasteiger partial charge in [0.2, 0.25) is 11.8 Å². The fourth-order valence-electron chi connectivity index (χ4n) is 1.81. The van der Waals surface area contributed by atoms with Crippen molar-refractivity contribution in [1.82, 2.24) is 4.90 Å². The van der Waals surface area contributed by atoms with Crippen LogP contribution in [0.15, 0.2) is 24.3 Å². The van der Waals surface area contributed by atoms with E-state index in [2.05, 4.69) is 5.32 Å². The van der Waals surface area contributed by atoms with E-state index in [9.17, 15) is 9.59 Å². The lowest BCUT2D eigenvalue weighted by Crippen LogP contribution is -2.47. The topological polar surface area (TPSA) is 75.4 Å². The van der Waals surface area contributed by atoms with E-state index in [0.717, 1.165) is 6.42 Å². The Morgan fingerprint density at radius 3 is 2.67 bits per heavy atom. The highest BCUT2D eigenvalue weighted by molar-refractivity contribution is 6.30. The van der Waals surface area contributed by atoms with E-state index in [4.69, 9.17) is 17.3 Å². The molecule has 0 fully saturated rings. The summed E-state index contributed by atoms with van der Waals surface area (Å²) in [6.45, 7) is 3.85. The molecule has 1 aromatic carbocycles. The maximum Gasteiger partial charge on any atom is 0.243 e. The van der Waals surface area contributed by atoms with Gasteiger partial charge in [-0.25, -0.2) is 0 Å². The molecule has 21 heavy (non-hydrogen) atoms. The summed E-state index contributed by atoms with van der Waals surface area (Å²) in [7, 11) is 1.57. The summed E-state index contributed by atoms with van der Waals surface area (Å²) in [6.07, 6.45) is 0.815. The van der Waals surface area contributed by atoms with Crippen molar-refractivity contribution < 1.29 is 9.59 Å². The number of nitrogens with one attached hydrogen (secondary N) is 1. The quantitative estimate of drug-likeness (QED) is 0.845. The molecule has 1 rings (SSSR count). The third-order valence-corrected chi connectivity index (χ3v) is 3.64. The van der Waals surface area contributed by atoms with Crippen LogP contribution in [0.5, 0.6) is 0 Å². The zero-order chi connectivity index (χ0) is 16.0. The maximum absolute atomic E-state index is 12.1. The molecule has 2 unspecified atom stereocenters. The van der Waals surface area contributed by atoms with Crippen LogP contribution >= 0.6 is 11.6 Å². The third kappa shape index (κ3) is 5.36. The smallest absolute Gasteiger partial charge is 0.243 e. The number of carbonyl (C=O) groups is 2. The summed E-state index contributed by atoms with van der Waals surface area (Å²) in [5.74, 6) is -0.439. The number of likely N-dealkylation sites (N-methyl/N-ethyl adjacent to an activating group) is 1. The summed E-state index contributed by atoms with van der Waals surface area (Å²) in [5.41, 5.74) is 6.48. The second-order valence-corrected chi connectivity index (χ2v) is 5.60. The average Bonchev–Trinajstić information content (AvgIpc) is 2.44. The molecule has 0 bridgehead atoms. The van der Waals surface area contributed by atoms with Crippen molar-refractivity contribution in [3.8, 4) is 0 Å². The van der Waals surface area contributed by atoms with Crippen LogP contribution in [0.3, 0.4) is 0 Å². The summed E-state index contributed by atoms with van der Waals surface area (Å²) in [5, 5.41) is 3.23. The van der Waals surface area contributed by atoms with Gasteiger partial charge in [0.15, 0.2) is 0 Å². The number of anilines is 1. The minimum absolute atomic E-state index is 0.0461. The Hall–Kier alpha value is -1.59. The van der Waals surface area contributed by atoms with E-state index < -0.39 is 6.04 Å². The monoisotopic (exact) mass is 311 g/mol. The lowest BCUT2D eigenvalue weighted by Gasteiger charge is -2.24. The third-order valence-electron chi connectivity index (χ3n) is 3.41. The molecule has 0 aliphatic carbocycles. The van der Waals surface area contributed by atoms with Gasteiger partial charge in [-0.1, -0.05) is 37.9 Å². The summed E-state index contributed by atoms with van der Waals surface area (Å²) >= 11 is 5.84. The number of carbonyl (C=O) groups excluding carboxylic acids is 2. The van der Waals surface area contributed by atoms with E-state index in [1.165, 1.54) is 4.90 Å². The van der Waals surface area contributed by atoms with Crippen molar-refractivity contribution in [1.29, 1.82) is 0 Å². The van der Waals surface area contributed by atoms with Gasteiger partial charge >= 0.3 is 0 Å². The van der Waals surface area contributed by atoms with Gasteiger partial charge in [-0.3, -0.25) is 9.59 Å². The van der Waals surface area contributed by atoms with E-state index in [-0.39, 0.29) is 24.3 Å². The lowest BCUT2D eigenvalue weighted by molar-refractivity contribution is -0.135. The number of rotatable bonds is 6. The first-order chi connectivity index (χ1) is 9.85. The van der Waals surface area contributed by atoms with Gasteiger partial charge in [0, 0.05) is 17.8 Å². The molecule has 0 radical (unpaired) electrons. The summed E-state index contributed by atoms with van der Waals surface area (Å²) in [6, 6.07) is 6.26. The van der Waals surface area contributed by atoms with Crippen LogP contribution in [0.2, 0.25) is 5.02 Å². The average molecular weight is 312 g/mol. The molecule has 0 aliphatic heterocycles. The van der Waals surface area contributed by atoms with Crippen molar-refractivity contribution in [2.45, 2.75) is 26.3 Å². The molecular formula is C15H22ClN3O2. The Labute approximate surface area is 130 Å². The number of nitrogens with zero attached hydrogens (tertiary/aromatic N) is 1. The van der Waals surface area contributed by atoms with Crippen molar-refractivity contribution in [3.05, 3.63) is 29.3 Å². The van der Waals surface area contributed by atoms with Crippen LogP contribution in [-0.2, 0) is 9.59 Å². The first-order valence-electron chi connectivity index (χ1n) is 6.91. The van der Waals surface area contributed by atoms with Gasteiger partial charge in [0.05, 0.1) is 12.6 Å². The molecule has 5 nitrogen and oxygen atoms in total. The molecule has 116 valence electrons. The van der Waals surface area contributed by atoms with Crippen LogP contribution in [0.4, 0.5) is 5.69 Å². The van der Waals surface area contributed by atoms with Gasteiger partial charge in [0.1, 0.15) is 0 Å². The number of hydrogen-bond acceptors (Lipinski definition) is 3. The van der Waals surface area contributed by atoms with Gasteiger partial charge in [-0.15, -0.1) is 0 Å². The molecule has 2 atom stereocenters. The molecular weight excluding hydrogens is 290 g/mol. The first kappa shape index (κ1) is 17.5. The van der Waals surface area contributed by atoms with Crippen LogP contribution in [-0.4, -0.2) is 36.3 Å². The predicted octanol–water partition coefficient (Wildman–Crippen LogP) is 2.11. The zero-order valence-corrected chi connectivity index (χ0v) is 13.4. The molecule has 0 aromatic heterocycles. The Kier molecular flexibility index (Phi) is 6.65. The molecule has 0 saturated heterocycles. The normalized spacial score (nSPS) is 13.4. The van der Waals surface area contributed by atoms with Crippen LogP contribution in [0.1, 0.15) is 20.3 Å². The molecule has 2 amide bonds. The Morgan fingerprint density at radius 2 is 2.10 bits per heavy atom. The number of nitrogens with two attached hydrogens (primary N) is 1. The second kappa shape index (κ2) is 8.00. The van der Waals surface area contributed by atoms with Gasteiger partial charge in [0.25, 0.3) is 0 Å². The number of amides is 2. The van der Waals surface area contributed by atoms with E-state index in [1.54, 1.807) is 31.3 Å². The highest BCUT2D eigenvalue weighted by atomic mass is 35.5. The van der Waals surface area contributed by atoms with Gasteiger partial charge in [-0.2, -0.15) is 0 Å². The van der Waals surface area contributed by atoms with Crippen LogP contribution in [0, 0.1) is 5.92 Å². The second-order valence-electron chi connectivity index (χ2n) is 5.16. The van der Waals surface area contributed by atoms with Crippen molar-refractivity contribution in [2.24, 2.45) is 11.7 Å². The van der Waals surface area contributed by atoms with Crippen molar-refractivity contribution in [2.75, 3.05) is 18.9 Å². The first-order valence-corrected chi connectivity index (χ1v) is 7.29. The van der Waals surface area contributed by atoms with Crippen LogP contribution in [0.25, 0.3) is 0 Å². The van der Waals surface area contributed by atoms with E-state index >= 15 is 0 Å². The summed E-state index contributed by atoms with van der Waals surface area (Å²) < 4.78 is 0.